The number of rotatable bonds is 7. The molecule has 0 amide bonds. The molecular formula is C27H24Cl2FN3O2. The molecule has 1 unspecified atom stereocenters. The maximum Gasteiger partial charge on any atom is 0.275 e. The van der Waals surface area contributed by atoms with E-state index in [0.29, 0.717) is 38.7 Å². The predicted octanol–water partition coefficient (Wildman–Crippen LogP) is 5.96. The summed E-state index contributed by atoms with van der Waals surface area (Å²) in [7, 11) is 1.51. The quantitative estimate of drug-likeness (QED) is 0.332. The molecule has 1 heterocycles. The molecule has 180 valence electrons. The van der Waals surface area contributed by atoms with Gasteiger partial charge in [0, 0.05) is 28.6 Å². The van der Waals surface area contributed by atoms with Crippen molar-refractivity contribution >= 4 is 23.2 Å². The molecule has 35 heavy (non-hydrogen) atoms. The minimum Gasteiger partial charge on any atom is -0.495 e. The molecule has 4 rings (SSSR count). The minimum atomic E-state index is -0.484. The molecule has 0 bridgehead atoms. The third-order valence-electron chi connectivity index (χ3n) is 5.95. The fraction of sp³-hybridized carbons (Fsp3) is 0.185. The van der Waals surface area contributed by atoms with E-state index in [-0.39, 0.29) is 23.5 Å². The topological polar surface area (TPSA) is 70.1 Å². The van der Waals surface area contributed by atoms with Crippen molar-refractivity contribution in [2.24, 2.45) is 5.73 Å². The largest absolute Gasteiger partial charge is 0.495 e. The van der Waals surface area contributed by atoms with E-state index in [1.54, 1.807) is 37.3 Å². The zero-order valence-electron chi connectivity index (χ0n) is 19.3. The molecule has 3 aromatic carbocycles. The van der Waals surface area contributed by atoms with Gasteiger partial charge >= 0.3 is 0 Å². The van der Waals surface area contributed by atoms with Crippen LogP contribution in [0.4, 0.5) is 4.39 Å². The van der Waals surface area contributed by atoms with Crippen LogP contribution >= 0.6 is 23.2 Å². The van der Waals surface area contributed by atoms with Crippen molar-refractivity contribution in [1.29, 1.82) is 0 Å². The minimum absolute atomic E-state index is 0.0901. The van der Waals surface area contributed by atoms with Gasteiger partial charge in [-0.05, 0) is 36.2 Å². The smallest absolute Gasteiger partial charge is 0.275 e. The van der Waals surface area contributed by atoms with E-state index >= 15 is 0 Å². The van der Waals surface area contributed by atoms with Gasteiger partial charge in [0.25, 0.3) is 5.56 Å². The summed E-state index contributed by atoms with van der Waals surface area (Å²) in [5, 5.41) is 5.18. The van der Waals surface area contributed by atoms with Crippen LogP contribution in [0.2, 0.25) is 10.0 Å². The van der Waals surface area contributed by atoms with Gasteiger partial charge in [-0.3, -0.25) is 4.79 Å². The number of aromatic nitrogens is 2. The molecule has 4 aromatic rings. The fourth-order valence-electron chi connectivity index (χ4n) is 4.03. The molecule has 0 aliphatic heterocycles. The number of nitrogens with two attached hydrogens (primary N) is 1. The summed E-state index contributed by atoms with van der Waals surface area (Å²) in [5.74, 6) is -0.00980. The number of halogens is 3. The Balaban J connectivity index is 1.90. The summed E-state index contributed by atoms with van der Waals surface area (Å²) >= 11 is 12.9. The molecule has 0 aliphatic rings. The van der Waals surface area contributed by atoms with Crippen molar-refractivity contribution in [2.75, 3.05) is 7.11 Å². The average Bonchev–Trinajstić information content (AvgIpc) is 2.85. The number of nitrogens with zero attached hydrogens (tertiary/aromatic N) is 2. The fourth-order valence-corrected chi connectivity index (χ4v) is 4.56. The lowest BCUT2D eigenvalue weighted by atomic mass is 9.97. The van der Waals surface area contributed by atoms with E-state index < -0.39 is 11.9 Å². The van der Waals surface area contributed by atoms with Crippen LogP contribution in [0, 0.1) is 12.7 Å². The van der Waals surface area contributed by atoms with Gasteiger partial charge in [-0.15, -0.1) is 0 Å². The first-order valence-electron chi connectivity index (χ1n) is 11.0. The van der Waals surface area contributed by atoms with Crippen LogP contribution in [0.1, 0.15) is 28.4 Å². The van der Waals surface area contributed by atoms with E-state index in [4.69, 9.17) is 33.7 Å². The van der Waals surface area contributed by atoms with Crippen molar-refractivity contribution in [1.82, 2.24) is 9.78 Å². The SMILES string of the molecule is COc1cccc(-c2c(C)c(Cc3c(F)cccc3Cl)nn(CC(N)c3ccccc3)c2=O)c1Cl. The first-order chi connectivity index (χ1) is 16.8. The molecule has 0 aliphatic carbocycles. The van der Waals surface area contributed by atoms with Gasteiger partial charge in [0.2, 0.25) is 0 Å². The van der Waals surface area contributed by atoms with E-state index in [1.165, 1.54) is 17.9 Å². The Labute approximate surface area is 212 Å². The van der Waals surface area contributed by atoms with Gasteiger partial charge in [0.05, 0.1) is 29.9 Å². The third-order valence-corrected chi connectivity index (χ3v) is 6.70. The molecule has 2 N–H and O–H groups in total. The lowest BCUT2D eigenvalue weighted by Gasteiger charge is -2.19. The maximum atomic E-state index is 14.6. The number of methoxy groups -OCH3 is 1. The predicted molar refractivity (Wildman–Crippen MR) is 138 cm³/mol. The van der Waals surface area contributed by atoms with Gasteiger partial charge in [-0.1, -0.05) is 71.7 Å². The molecule has 0 saturated heterocycles. The van der Waals surface area contributed by atoms with Crippen molar-refractivity contribution in [3.63, 3.8) is 0 Å². The first-order valence-corrected chi connectivity index (χ1v) is 11.7. The van der Waals surface area contributed by atoms with Gasteiger partial charge < -0.3 is 10.5 Å². The summed E-state index contributed by atoms with van der Waals surface area (Å²) in [6.07, 6.45) is 0.0901. The zero-order chi connectivity index (χ0) is 25.1. The van der Waals surface area contributed by atoms with E-state index in [1.807, 2.05) is 30.3 Å². The Bertz CT molecular complexity index is 1400. The molecule has 8 heteroatoms. The van der Waals surface area contributed by atoms with Crippen LogP contribution in [-0.2, 0) is 13.0 Å². The highest BCUT2D eigenvalue weighted by molar-refractivity contribution is 6.34. The summed E-state index contributed by atoms with van der Waals surface area (Å²) in [4.78, 5) is 13.7. The molecule has 0 saturated carbocycles. The van der Waals surface area contributed by atoms with Crippen molar-refractivity contribution in [2.45, 2.75) is 25.9 Å². The van der Waals surface area contributed by atoms with Crippen LogP contribution in [0.25, 0.3) is 11.1 Å². The molecule has 5 nitrogen and oxygen atoms in total. The zero-order valence-corrected chi connectivity index (χ0v) is 20.8. The standard InChI is InChI=1S/C27H24Cl2FN3O2/c1-16-23(14-19-20(28)11-7-12-21(19)30)32-33(15-22(31)17-8-4-3-5-9-17)27(34)25(16)18-10-6-13-24(35-2)26(18)29/h3-13,22H,14-15,31H2,1-2H3. The number of hydrogen-bond donors (Lipinski definition) is 1. The van der Waals surface area contributed by atoms with Crippen LogP contribution in [0.5, 0.6) is 5.75 Å². The molecule has 0 fully saturated rings. The van der Waals surface area contributed by atoms with Gasteiger partial charge in [0.1, 0.15) is 11.6 Å². The average molecular weight is 512 g/mol. The number of benzene rings is 3. The number of hydrogen-bond acceptors (Lipinski definition) is 4. The Kier molecular flexibility index (Phi) is 7.55. The van der Waals surface area contributed by atoms with E-state index in [9.17, 15) is 9.18 Å². The maximum absolute atomic E-state index is 14.6. The van der Waals surface area contributed by atoms with Gasteiger partial charge in [0.15, 0.2) is 0 Å². The molecular weight excluding hydrogens is 488 g/mol. The lowest BCUT2D eigenvalue weighted by molar-refractivity contribution is 0.415. The lowest BCUT2D eigenvalue weighted by Crippen LogP contribution is -2.32. The summed E-state index contributed by atoms with van der Waals surface area (Å²) in [5.41, 5.74) is 9.15. The van der Waals surface area contributed by atoms with Crippen molar-refractivity contribution in [3.8, 4) is 16.9 Å². The Morgan fingerprint density at radius 3 is 2.46 bits per heavy atom. The second-order valence-electron chi connectivity index (χ2n) is 8.15. The normalized spacial score (nSPS) is 11.9. The summed E-state index contributed by atoms with van der Waals surface area (Å²) in [6, 6.07) is 18.7. The van der Waals surface area contributed by atoms with Gasteiger partial charge in [-0.2, -0.15) is 5.10 Å². The molecule has 1 aromatic heterocycles. The third kappa shape index (κ3) is 5.10. The molecule has 1 atom stereocenters. The molecule has 0 radical (unpaired) electrons. The van der Waals surface area contributed by atoms with Gasteiger partial charge in [-0.25, -0.2) is 9.07 Å². The van der Waals surface area contributed by atoms with Crippen LogP contribution in [-0.4, -0.2) is 16.9 Å². The monoisotopic (exact) mass is 511 g/mol. The number of ether oxygens (including phenoxy) is 1. The second kappa shape index (κ2) is 10.6. The van der Waals surface area contributed by atoms with Crippen molar-refractivity contribution < 1.29 is 9.13 Å². The van der Waals surface area contributed by atoms with Crippen molar-refractivity contribution in [3.05, 3.63) is 115 Å². The second-order valence-corrected chi connectivity index (χ2v) is 8.94. The Morgan fingerprint density at radius 2 is 1.77 bits per heavy atom. The highest BCUT2D eigenvalue weighted by Gasteiger charge is 2.22. The summed E-state index contributed by atoms with van der Waals surface area (Å²) in [6.45, 7) is 1.89. The van der Waals surface area contributed by atoms with E-state index in [0.717, 1.165) is 5.56 Å². The van der Waals surface area contributed by atoms with Crippen LogP contribution in [0.15, 0.2) is 71.5 Å². The highest BCUT2D eigenvalue weighted by atomic mass is 35.5. The Morgan fingerprint density at radius 1 is 1.06 bits per heavy atom. The van der Waals surface area contributed by atoms with E-state index in [2.05, 4.69) is 5.10 Å². The Hall–Kier alpha value is -3.19. The highest BCUT2D eigenvalue weighted by Crippen LogP contribution is 2.36. The van der Waals surface area contributed by atoms with Crippen LogP contribution < -0.4 is 16.0 Å². The first kappa shape index (κ1) is 24.9. The van der Waals surface area contributed by atoms with Crippen LogP contribution in [0.3, 0.4) is 0 Å². The molecule has 0 spiro atoms. The summed E-state index contributed by atoms with van der Waals surface area (Å²) < 4.78 is 21.3.